The molecule has 140 valence electrons. The minimum atomic E-state index is -0.0742. The molecule has 1 aromatic carbocycles. The molecular weight excluding hydrogens is 324 g/mol. The molecule has 6 heteroatoms. The molecule has 0 saturated carbocycles. The number of benzene rings is 1. The minimum absolute atomic E-state index is 0.0742. The first-order valence-electron chi connectivity index (χ1n) is 9.23. The van der Waals surface area contributed by atoms with Crippen LogP contribution in [-0.4, -0.2) is 53.6 Å². The van der Waals surface area contributed by atoms with E-state index in [9.17, 15) is 0 Å². The molecule has 1 aliphatic rings. The molecule has 2 heterocycles. The van der Waals surface area contributed by atoms with E-state index >= 15 is 0 Å². The summed E-state index contributed by atoms with van der Waals surface area (Å²) < 4.78 is 0. The molecule has 1 fully saturated rings. The highest BCUT2D eigenvalue weighted by Crippen LogP contribution is 2.22. The molecule has 0 bridgehead atoms. The lowest BCUT2D eigenvalue weighted by atomic mass is 10.1. The van der Waals surface area contributed by atoms with Gasteiger partial charge < -0.3 is 20.4 Å². The van der Waals surface area contributed by atoms with Crippen molar-refractivity contribution in [1.82, 2.24) is 14.9 Å². The summed E-state index contributed by atoms with van der Waals surface area (Å²) in [6.07, 6.45) is 0. The topological polar surface area (TPSA) is 56.3 Å². The van der Waals surface area contributed by atoms with Crippen molar-refractivity contribution in [2.75, 3.05) is 48.8 Å². The molecule has 0 aliphatic carbocycles. The van der Waals surface area contributed by atoms with Crippen molar-refractivity contribution in [3.63, 3.8) is 0 Å². The highest BCUT2D eigenvalue weighted by atomic mass is 15.2. The summed E-state index contributed by atoms with van der Waals surface area (Å²) in [5.74, 6) is 1.45. The maximum Gasteiger partial charge on any atom is 0.225 e. The van der Waals surface area contributed by atoms with Crippen molar-refractivity contribution in [2.24, 2.45) is 0 Å². The molecule has 1 saturated heterocycles. The van der Waals surface area contributed by atoms with Gasteiger partial charge in [0.25, 0.3) is 0 Å². The lowest BCUT2D eigenvalue weighted by Crippen LogP contribution is -2.44. The molecule has 1 aromatic heterocycles. The second kappa shape index (κ2) is 7.50. The summed E-state index contributed by atoms with van der Waals surface area (Å²) in [5, 5.41) is 6.72. The van der Waals surface area contributed by atoms with Gasteiger partial charge in [0.1, 0.15) is 5.82 Å². The summed E-state index contributed by atoms with van der Waals surface area (Å²) in [6.45, 7) is 12.7. The Balaban J connectivity index is 1.69. The Morgan fingerprint density at radius 2 is 1.62 bits per heavy atom. The number of piperazine rings is 1. The largest absolute Gasteiger partial charge is 0.369 e. The van der Waals surface area contributed by atoms with Gasteiger partial charge in [0.05, 0.1) is 0 Å². The molecule has 3 rings (SSSR count). The van der Waals surface area contributed by atoms with Gasteiger partial charge in [0.2, 0.25) is 5.95 Å². The van der Waals surface area contributed by atoms with Crippen LogP contribution in [-0.2, 0) is 0 Å². The van der Waals surface area contributed by atoms with Gasteiger partial charge in [0, 0.05) is 54.9 Å². The maximum atomic E-state index is 4.59. The second-order valence-corrected chi connectivity index (χ2v) is 8.06. The Labute approximate surface area is 156 Å². The summed E-state index contributed by atoms with van der Waals surface area (Å²) in [7, 11) is 2.18. The van der Waals surface area contributed by atoms with Crippen LogP contribution in [0.5, 0.6) is 0 Å². The normalized spacial score (nSPS) is 15.8. The number of aromatic nitrogens is 2. The molecule has 6 nitrogen and oxygen atoms in total. The highest BCUT2D eigenvalue weighted by Gasteiger charge is 2.14. The van der Waals surface area contributed by atoms with E-state index in [4.69, 9.17) is 0 Å². The zero-order valence-corrected chi connectivity index (χ0v) is 16.5. The van der Waals surface area contributed by atoms with Crippen molar-refractivity contribution in [3.05, 3.63) is 36.0 Å². The summed E-state index contributed by atoms with van der Waals surface area (Å²) in [4.78, 5) is 13.9. The molecule has 26 heavy (non-hydrogen) atoms. The van der Waals surface area contributed by atoms with Gasteiger partial charge in [-0.1, -0.05) is 0 Å². The van der Waals surface area contributed by atoms with Gasteiger partial charge >= 0.3 is 0 Å². The van der Waals surface area contributed by atoms with Crippen LogP contribution >= 0.6 is 0 Å². The van der Waals surface area contributed by atoms with Crippen molar-refractivity contribution < 1.29 is 0 Å². The Morgan fingerprint density at radius 1 is 0.962 bits per heavy atom. The molecule has 0 atom stereocenters. The van der Waals surface area contributed by atoms with E-state index in [2.05, 4.69) is 82.5 Å². The average molecular weight is 355 g/mol. The zero-order valence-electron chi connectivity index (χ0n) is 16.5. The van der Waals surface area contributed by atoms with E-state index in [-0.39, 0.29) is 5.54 Å². The summed E-state index contributed by atoms with van der Waals surface area (Å²) in [6, 6.07) is 10.5. The lowest BCUT2D eigenvalue weighted by molar-refractivity contribution is 0.313. The average Bonchev–Trinajstić information content (AvgIpc) is 2.54. The maximum absolute atomic E-state index is 4.59. The van der Waals surface area contributed by atoms with Gasteiger partial charge in [-0.2, -0.15) is 4.98 Å². The van der Waals surface area contributed by atoms with Crippen LogP contribution in [0.2, 0.25) is 0 Å². The van der Waals surface area contributed by atoms with Crippen LogP contribution in [0, 0.1) is 6.92 Å². The van der Waals surface area contributed by atoms with Crippen LogP contribution < -0.4 is 15.5 Å². The van der Waals surface area contributed by atoms with Crippen molar-refractivity contribution in [1.29, 1.82) is 0 Å². The number of anilines is 4. The molecule has 0 radical (unpaired) electrons. The van der Waals surface area contributed by atoms with E-state index in [0.29, 0.717) is 5.95 Å². The number of nitrogens with one attached hydrogen (secondary N) is 2. The number of hydrogen-bond acceptors (Lipinski definition) is 6. The van der Waals surface area contributed by atoms with Gasteiger partial charge in [-0.3, -0.25) is 0 Å². The number of likely N-dealkylation sites (N-methyl/N-ethyl adjacent to an activating group) is 1. The molecule has 0 amide bonds. The first-order valence-corrected chi connectivity index (χ1v) is 9.23. The van der Waals surface area contributed by atoms with Gasteiger partial charge in [0.15, 0.2) is 0 Å². The van der Waals surface area contributed by atoms with Crippen molar-refractivity contribution >= 4 is 23.1 Å². The predicted octanol–water partition coefficient (Wildman–Crippen LogP) is 3.49. The third-order valence-electron chi connectivity index (χ3n) is 4.35. The van der Waals surface area contributed by atoms with Gasteiger partial charge in [-0.25, -0.2) is 4.98 Å². The SMILES string of the molecule is Cc1cc(Nc2ccc(N3CCN(C)CC3)cc2)nc(NC(C)(C)C)n1. The number of nitrogens with zero attached hydrogens (tertiary/aromatic N) is 4. The zero-order chi connectivity index (χ0) is 18.7. The molecule has 2 aromatic rings. The van der Waals surface area contributed by atoms with E-state index in [1.165, 1.54) is 5.69 Å². The molecule has 0 spiro atoms. The smallest absolute Gasteiger partial charge is 0.225 e. The Hall–Kier alpha value is -2.34. The van der Waals surface area contributed by atoms with Crippen LogP contribution in [0.1, 0.15) is 26.5 Å². The fraction of sp³-hybridized carbons (Fsp3) is 0.500. The number of aryl methyl sites for hydroxylation is 1. The predicted molar refractivity (Wildman–Crippen MR) is 110 cm³/mol. The highest BCUT2D eigenvalue weighted by molar-refractivity contribution is 5.61. The van der Waals surface area contributed by atoms with Gasteiger partial charge in [-0.05, 0) is 59.0 Å². The standard InChI is InChI=1S/C20H30N6/c1-15-14-18(23-19(21-15)24-20(2,3)4)22-16-6-8-17(9-7-16)26-12-10-25(5)11-13-26/h6-9,14H,10-13H2,1-5H3,(H2,21,22,23,24). The van der Waals surface area contributed by atoms with Crippen LogP contribution in [0.25, 0.3) is 0 Å². The monoisotopic (exact) mass is 354 g/mol. The first kappa shape index (κ1) is 18.5. The minimum Gasteiger partial charge on any atom is -0.369 e. The molecule has 1 aliphatic heterocycles. The number of rotatable bonds is 4. The Morgan fingerprint density at radius 3 is 2.23 bits per heavy atom. The van der Waals surface area contributed by atoms with Crippen LogP contribution in [0.15, 0.2) is 30.3 Å². The fourth-order valence-electron chi connectivity index (χ4n) is 2.99. The lowest BCUT2D eigenvalue weighted by Gasteiger charge is -2.34. The Kier molecular flexibility index (Phi) is 5.32. The summed E-state index contributed by atoms with van der Waals surface area (Å²) in [5.41, 5.74) is 3.17. The number of hydrogen-bond donors (Lipinski definition) is 2. The van der Waals surface area contributed by atoms with E-state index in [1.54, 1.807) is 0 Å². The summed E-state index contributed by atoms with van der Waals surface area (Å²) >= 11 is 0. The third-order valence-corrected chi connectivity index (χ3v) is 4.35. The van der Waals surface area contributed by atoms with E-state index in [1.807, 2.05) is 13.0 Å². The van der Waals surface area contributed by atoms with Gasteiger partial charge in [-0.15, -0.1) is 0 Å². The molecular formula is C20H30N6. The van der Waals surface area contributed by atoms with Crippen molar-refractivity contribution in [3.8, 4) is 0 Å². The fourth-order valence-corrected chi connectivity index (χ4v) is 2.99. The second-order valence-electron chi connectivity index (χ2n) is 8.06. The van der Waals surface area contributed by atoms with Crippen LogP contribution in [0.4, 0.5) is 23.1 Å². The first-order chi connectivity index (χ1) is 12.3. The quantitative estimate of drug-likeness (QED) is 0.877. The van der Waals surface area contributed by atoms with E-state index < -0.39 is 0 Å². The van der Waals surface area contributed by atoms with E-state index in [0.717, 1.165) is 43.4 Å². The third kappa shape index (κ3) is 5.08. The Bertz CT molecular complexity index is 727. The molecule has 2 N–H and O–H groups in total. The van der Waals surface area contributed by atoms with Crippen molar-refractivity contribution in [2.45, 2.75) is 33.2 Å². The van der Waals surface area contributed by atoms with Crippen LogP contribution in [0.3, 0.4) is 0 Å². The molecule has 0 unspecified atom stereocenters.